The highest BCUT2D eigenvalue weighted by molar-refractivity contribution is 6.09. The monoisotopic (exact) mass is 716 g/mol. The van der Waals surface area contributed by atoms with E-state index in [-0.39, 0.29) is 0 Å². The van der Waals surface area contributed by atoms with Crippen molar-refractivity contribution >= 4 is 21.8 Å². The van der Waals surface area contributed by atoms with E-state index in [1.54, 1.807) is 6.20 Å². The minimum atomic E-state index is 0.529. The summed E-state index contributed by atoms with van der Waals surface area (Å²) in [5, 5.41) is 2.12. The average molecular weight is 717 g/mol. The molecule has 0 amide bonds. The molecule has 0 N–H and O–H groups in total. The lowest BCUT2D eigenvalue weighted by Crippen LogP contribution is -2.01. The Bertz CT molecular complexity index is 2930. The van der Waals surface area contributed by atoms with Crippen LogP contribution in [0, 0.1) is 0 Å². The molecule has 0 aliphatic heterocycles. The predicted octanol–water partition coefficient (Wildman–Crippen LogP) is 12.0. The molecular formula is C50H32N6. The second kappa shape index (κ2) is 14.3. The summed E-state index contributed by atoms with van der Waals surface area (Å²) in [6.45, 7) is 0. The van der Waals surface area contributed by atoms with Crippen LogP contribution in [0.1, 0.15) is 0 Å². The third-order valence-corrected chi connectivity index (χ3v) is 9.99. The quantitative estimate of drug-likeness (QED) is 0.153. The molecule has 6 nitrogen and oxygen atoms in total. The van der Waals surface area contributed by atoms with E-state index in [0.29, 0.717) is 23.2 Å². The summed E-state index contributed by atoms with van der Waals surface area (Å²) in [4.78, 5) is 29.7. The van der Waals surface area contributed by atoms with Crippen molar-refractivity contribution in [1.82, 2.24) is 29.9 Å². The van der Waals surface area contributed by atoms with Gasteiger partial charge in [0, 0.05) is 39.2 Å². The summed E-state index contributed by atoms with van der Waals surface area (Å²) in [5.41, 5.74) is 12.5. The molecule has 0 saturated carbocycles. The van der Waals surface area contributed by atoms with Crippen molar-refractivity contribution in [1.29, 1.82) is 0 Å². The molecule has 10 aromatic rings. The highest BCUT2D eigenvalue weighted by atomic mass is 15.0. The highest BCUT2D eigenvalue weighted by Gasteiger charge is 2.16. The summed E-state index contributed by atoms with van der Waals surface area (Å²) in [5.74, 6) is 1.72. The van der Waals surface area contributed by atoms with Gasteiger partial charge in [-0.05, 0) is 52.6 Å². The van der Waals surface area contributed by atoms with Gasteiger partial charge in [-0.15, -0.1) is 0 Å². The maximum Gasteiger partial charge on any atom is 0.182 e. The van der Waals surface area contributed by atoms with Gasteiger partial charge in [0.25, 0.3) is 0 Å². The van der Waals surface area contributed by atoms with Gasteiger partial charge in [0.2, 0.25) is 0 Å². The van der Waals surface area contributed by atoms with Crippen molar-refractivity contribution in [2.24, 2.45) is 0 Å². The number of nitrogens with zero attached hydrogens (tertiary/aromatic N) is 6. The molecular weight excluding hydrogens is 685 g/mol. The standard InChI is InChI=1S/C50H32N6/c1-4-13-34(14-5-1)42-32-45(53-47-41(42)28-26-37-27-29-43(52-46(37)47)35-15-6-2-7-16-35)36-24-22-33(23-25-36)39-19-12-20-40(31-39)49-54-48(38-17-8-3-9-18-38)55-50(56-49)44-21-10-11-30-51-44/h1-32H. The van der Waals surface area contributed by atoms with E-state index >= 15 is 0 Å². The van der Waals surface area contributed by atoms with Crippen LogP contribution in [0.25, 0.3) is 101 Å². The van der Waals surface area contributed by atoms with Crippen molar-refractivity contribution in [2.75, 3.05) is 0 Å². The maximum atomic E-state index is 5.33. The van der Waals surface area contributed by atoms with Crippen molar-refractivity contribution in [3.63, 3.8) is 0 Å². The number of pyridine rings is 3. The molecule has 6 heteroatoms. The van der Waals surface area contributed by atoms with Crippen LogP contribution in [0.5, 0.6) is 0 Å². The van der Waals surface area contributed by atoms with Gasteiger partial charge in [-0.2, -0.15) is 0 Å². The smallest absolute Gasteiger partial charge is 0.182 e. The molecule has 262 valence electrons. The van der Waals surface area contributed by atoms with Crippen LogP contribution in [-0.2, 0) is 0 Å². The van der Waals surface area contributed by atoms with Crippen molar-refractivity contribution in [3.8, 4) is 79.1 Å². The lowest BCUT2D eigenvalue weighted by molar-refractivity contribution is 1.06. The summed E-state index contributed by atoms with van der Waals surface area (Å²) in [7, 11) is 0. The Morgan fingerprint density at radius 2 is 0.857 bits per heavy atom. The van der Waals surface area contributed by atoms with Gasteiger partial charge in [-0.3, -0.25) is 4.98 Å². The Hall–Kier alpha value is -7.70. The van der Waals surface area contributed by atoms with Crippen molar-refractivity contribution in [3.05, 3.63) is 194 Å². The molecule has 0 saturated heterocycles. The molecule has 0 fully saturated rings. The minimum absolute atomic E-state index is 0.529. The van der Waals surface area contributed by atoms with E-state index in [0.717, 1.165) is 77.7 Å². The third kappa shape index (κ3) is 6.35. The molecule has 10 rings (SSSR count). The number of aromatic nitrogens is 6. The zero-order valence-corrected chi connectivity index (χ0v) is 30.2. The number of rotatable bonds is 7. The van der Waals surface area contributed by atoms with Crippen molar-refractivity contribution in [2.45, 2.75) is 0 Å². The van der Waals surface area contributed by atoms with Gasteiger partial charge in [-0.25, -0.2) is 24.9 Å². The molecule has 56 heavy (non-hydrogen) atoms. The van der Waals surface area contributed by atoms with Crippen LogP contribution in [0.4, 0.5) is 0 Å². The molecule has 4 heterocycles. The first kappa shape index (κ1) is 32.9. The van der Waals surface area contributed by atoms with Gasteiger partial charge in [0.15, 0.2) is 17.5 Å². The largest absolute Gasteiger partial charge is 0.253 e. The first-order valence-corrected chi connectivity index (χ1v) is 18.5. The normalized spacial score (nSPS) is 11.2. The fourth-order valence-corrected chi connectivity index (χ4v) is 7.15. The molecule has 0 aliphatic carbocycles. The van der Waals surface area contributed by atoms with E-state index < -0.39 is 0 Å². The van der Waals surface area contributed by atoms with Crippen LogP contribution < -0.4 is 0 Å². The first-order valence-electron chi connectivity index (χ1n) is 18.5. The number of hydrogen-bond donors (Lipinski definition) is 0. The Kier molecular flexibility index (Phi) is 8.39. The van der Waals surface area contributed by atoms with Gasteiger partial charge < -0.3 is 0 Å². The Balaban J connectivity index is 1.05. The molecule has 0 bridgehead atoms. The van der Waals surface area contributed by atoms with Crippen LogP contribution in [-0.4, -0.2) is 29.9 Å². The van der Waals surface area contributed by atoms with Crippen molar-refractivity contribution < 1.29 is 0 Å². The first-order chi connectivity index (χ1) is 27.7. The van der Waals surface area contributed by atoms with Gasteiger partial charge in [0.05, 0.1) is 22.4 Å². The molecule has 0 spiro atoms. The zero-order chi connectivity index (χ0) is 37.3. The number of benzene rings is 6. The lowest BCUT2D eigenvalue weighted by Gasteiger charge is -2.13. The van der Waals surface area contributed by atoms with E-state index in [1.165, 1.54) is 0 Å². The van der Waals surface area contributed by atoms with Crippen LogP contribution in [0.2, 0.25) is 0 Å². The van der Waals surface area contributed by atoms with E-state index in [2.05, 4.69) is 108 Å². The second-order valence-corrected chi connectivity index (χ2v) is 13.6. The minimum Gasteiger partial charge on any atom is -0.253 e. The number of fused-ring (bicyclic) bond motifs is 3. The maximum absolute atomic E-state index is 5.33. The van der Waals surface area contributed by atoms with E-state index in [9.17, 15) is 0 Å². The Morgan fingerprint density at radius 3 is 1.59 bits per heavy atom. The fourth-order valence-electron chi connectivity index (χ4n) is 7.15. The Labute approximate surface area is 324 Å². The van der Waals surface area contributed by atoms with Gasteiger partial charge in [0.1, 0.15) is 5.69 Å². The highest BCUT2D eigenvalue weighted by Crippen LogP contribution is 2.37. The lowest BCUT2D eigenvalue weighted by atomic mass is 9.96. The van der Waals surface area contributed by atoms with Crippen LogP contribution >= 0.6 is 0 Å². The van der Waals surface area contributed by atoms with E-state index in [4.69, 9.17) is 24.9 Å². The number of hydrogen-bond acceptors (Lipinski definition) is 6. The van der Waals surface area contributed by atoms with E-state index in [1.807, 2.05) is 84.9 Å². The fraction of sp³-hybridized carbons (Fsp3) is 0. The zero-order valence-electron chi connectivity index (χ0n) is 30.2. The molecule has 0 aliphatic rings. The molecule has 0 radical (unpaired) electrons. The summed E-state index contributed by atoms with van der Waals surface area (Å²) in [6, 6.07) is 64.2. The van der Waals surface area contributed by atoms with Gasteiger partial charge in [-0.1, -0.05) is 158 Å². The van der Waals surface area contributed by atoms with Crippen LogP contribution in [0.3, 0.4) is 0 Å². The summed E-state index contributed by atoms with van der Waals surface area (Å²) >= 11 is 0. The molecule has 4 aromatic heterocycles. The summed E-state index contributed by atoms with van der Waals surface area (Å²) < 4.78 is 0. The van der Waals surface area contributed by atoms with Gasteiger partial charge >= 0.3 is 0 Å². The topological polar surface area (TPSA) is 77.3 Å². The average Bonchev–Trinajstić information content (AvgIpc) is 3.29. The predicted molar refractivity (Wildman–Crippen MR) is 226 cm³/mol. The SMILES string of the molecule is c1ccc(-c2ccc3ccc4c(-c5ccccc5)cc(-c5ccc(-c6cccc(-c7nc(-c8ccccc8)nc(-c8ccccn8)n7)c6)cc5)nc4c3n2)cc1. The molecule has 0 atom stereocenters. The second-order valence-electron chi connectivity index (χ2n) is 13.6. The molecule has 0 unspecified atom stereocenters. The summed E-state index contributed by atoms with van der Waals surface area (Å²) in [6.07, 6.45) is 1.75. The Morgan fingerprint density at radius 1 is 0.286 bits per heavy atom. The van der Waals surface area contributed by atoms with Crippen LogP contribution in [0.15, 0.2) is 194 Å². The molecule has 6 aromatic carbocycles. The third-order valence-electron chi connectivity index (χ3n) is 9.99.